The predicted octanol–water partition coefficient (Wildman–Crippen LogP) is 0.375. The third kappa shape index (κ3) is 2.08. The van der Waals surface area contributed by atoms with Crippen LogP contribution in [0.2, 0.25) is 0 Å². The number of nitrogens with one attached hydrogen (secondary N) is 1. The minimum atomic E-state index is -0.603. The minimum absolute atomic E-state index is 0.0441. The highest BCUT2D eigenvalue weighted by Crippen LogP contribution is 2.31. The van der Waals surface area contributed by atoms with Gasteiger partial charge in [0.2, 0.25) is 0 Å². The first-order valence-electron chi connectivity index (χ1n) is 6.91. The fraction of sp³-hybridized carbons (Fsp3) is 0.333. The van der Waals surface area contributed by atoms with Crippen LogP contribution in [0.15, 0.2) is 23.0 Å². The number of aliphatic hydroxyl groups is 1. The number of carbonyl (C=O) groups excluding carboxylic acids is 1. The normalized spacial score (nSPS) is 12.8. The molecule has 1 aromatic carbocycles. The van der Waals surface area contributed by atoms with Crippen molar-refractivity contribution >= 4 is 16.8 Å². The van der Waals surface area contributed by atoms with Gasteiger partial charge in [-0.25, -0.2) is 0 Å². The number of pyridine rings is 1. The zero-order chi connectivity index (χ0) is 15.0. The molecule has 0 fully saturated rings. The molecule has 6 heteroatoms. The molecule has 0 saturated carbocycles. The number of aromatic hydroxyl groups is 1. The van der Waals surface area contributed by atoms with E-state index >= 15 is 0 Å². The van der Waals surface area contributed by atoms with E-state index < -0.39 is 11.5 Å². The van der Waals surface area contributed by atoms with Crippen LogP contribution in [0.3, 0.4) is 0 Å². The standard InChI is InChI=1S/C15H16N2O4/c18-8-2-6-16-14(20)11-13(19)10-4-1-3-9-5-7-17(12(9)10)15(11)21/h1,3-4,18-19H,2,5-8H2,(H,16,20). The van der Waals surface area contributed by atoms with Crippen LogP contribution in [-0.4, -0.2) is 33.8 Å². The smallest absolute Gasteiger partial charge is 0.267 e. The Morgan fingerprint density at radius 1 is 1.38 bits per heavy atom. The van der Waals surface area contributed by atoms with Gasteiger partial charge in [-0.15, -0.1) is 0 Å². The van der Waals surface area contributed by atoms with E-state index in [-0.39, 0.29) is 24.5 Å². The molecule has 1 aliphatic heterocycles. The van der Waals surface area contributed by atoms with Gasteiger partial charge in [-0.3, -0.25) is 9.59 Å². The summed E-state index contributed by atoms with van der Waals surface area (Å²) in [5.41, 5.74) is 1.03. The lowest BCUT2D eigenvalue weighted by Crippen LogP contribution is -2.33. The number of aryl methyl sites for hydroxylation is 2. The summed E-state index contributed by atoms with van der Waals surface area (Å²) in [6.07, 6.45) is 1.13. The molecule has 3 rings (SSSR count). The minimum Gasteiger partial charge on any atom is -0.506 e. The van der Waals surface area contributed by atoms with Gasteiger partial charge in [0.05, 0.1) is 5.52 Å². The maximum absolute atomic E-state index is 12.4. The predicted molar refractivity (Wildman–Crippen MR) is 77.6 cm³/mol. The van der Waals surface area contributed by atoms with Crippen LogP contribution in [0.5, 0.6) is 5.75 Å². The number of aromatic nitrogens is 1. The highest BCUT2D eigenvalue weighted by atomic mass is 16.3. The van der Waals surface area contributed by atoms with E-state index in [9.17, 15) is 14.7 Å². The van der Waals surface area contributed by atoms with Crippen LogP contribution in [0.25, 0.3) is 10.9 Å². The van der Waals surface area contributed by atoms with Crippen molar-refractivity contribution in [1.29, 1.82) is 0 Å². The van der Waals surface area contributed by atoms with Crippen LogP contribution < -0.4 is 10.9 Å². The fourth-order valence-electron chi connectivity index (χ4n) is 2.79. The monoisotopic (exact) mass is 288 g/mol. The van der Waals surface area contributed by atoms with E-state index in [1.807, 2.05) is 12.1 Å². The summed E-state index contributed by atoms with van der Waals surface area (Å²) in [6.45, 7) is 0.732. The summed E-state index contributed by atoms with van der Waals surface area (Å²) in [5, 5.41) is 22.1. The summed E-state index contributed by atoms with van der Waals surface area (Å²) in [5.74, 6) is -0.870. The zero-order valence-electron chi connectivity index (χ0n) is 11.4. The Hall–Kier alpha value is -2.34. The summed E-state index contributed by atoms with van der Waals surface area (Å²) in [6, 6.07) is 5.44. The molecule has 1 aliphatic rings. The number of nitrogens with zero attached hydrogens (tertiary/aromatic N) is 1. The summed E-state index contributed by atoms with van der Waals surface area (Å²) in [4.78, 5) is 24.6. The SMILES string of the molecule is O=C(NCCCO)c1c(O)c2cccc3c2n(c1=O)CC3. The van der Waals surface area contributed by atoms with E-state index in [1.165, 1.54) is 0 Å². The molecule has 0 spiro atoms. The quantitative estimate of drug-likeness (QED) is 0.709. The summed E-state index contributed by atoms with van der Waals surface area (Å²) in [7, 11) is 0. The summed E-state index contributed by atoms with van der Waals surface area (Å²) >= 11 is 0. The second kappa shape index (κ2) is 5.21. The molecule has 1 amide bonds. The first kappa shape index (κ1) is 13.6. The molecule has 0 bridgehead atoms. The lowest BCUT2D eigenvalue weighted by molar-refractivity contribution is 0.0946. The number of rotatable bonds is 4. The molecule has 2 heterocycles. The maximum Gasteiger partial charge on any atom is 0.267 e. The Kier molecular flexibility index (Phi) is 3.39. The van der Waals surface area contributed by atoms with Gasteiger partial charge in [0, 0.05) is 25.1 Å². The van der Waals surface area contributed by atoms with Crippen molar-refractivity contribution in [2.75, 3.05) is 13.2 Å². The van der Waals surface area contributed by atoms with Crippen molar-refractivity contribution in [2.24, 2.45) is 0 Å². The van der Waals surface area contributed by atoms with Crippen molar-refractivity contribution in [3.63, 3.8) is 0 Å². The van der Waals surface area contributed by atoms with Crippen LogP contribution in [0, 0.1) is 0 Å². The average Bonchev–Trinajstić information content (AvgIpc) is 2.90. The molecule has 1 aromatic heterocycles. The number of hydrogen-bond acceptors (Lipinski definition) is 4. The maximum atomic E-state index is 12.4. The lowest BCUT2D eigenvalue weighted by Gasteiger charge is -2.11. The Morgan fingerprint density at radius 2 is 2.19 bits per heavy atom. The van der Waals surface area contributed by atoms with Gasteiger partial charge in [-0.2, -0.15) is 0 Å². The second-order valence-electron chi connectivity index (χ2n) is 5.08. The second-order valence-corrected chi connectivity index (χ2v) is 5.08. The molecule has 0 saturated heterocycles. The largest absolute Gasteiger partial charge is 0.506 e. The molecule has 0 unspecified atom stereocenters. The van der Waals surface area contributed by atoms with E-state index in [0.717, 1.165) is 12.0 Å². The van der Waals surface area contributed by atoms with Crippen molar-refractivity contribution in [3.05, 3.63) is 39.7 Å². The van der Waals surface area contributed by atoms with Crippen LogP contribution in [0.4, 0.5) is 0 Å². The molecule has 0 aliphatic carbocycles. The van der Waals surface area contributed by atoms with Crippen LogP contribution in [-0.2, 0) is 13.0 Å². The van der Waals surface area contributed by atoms with Gasteiger partial charge in [0.15, 0.2) is 0 Å². The number of para-hydroxylation sites is 1. The van der Waals surface area contributed by atoms with Crippen LogP contribution in [0.1, 0.15) is 22.3 Å². The number of benzene rings is 1. The Balaban J connectivity index is 2.13. The van der Waals surface area contributed by atoms with Crippen molar-refractivity contribution in [3.8, 4) is 5.75 Å². The zero-order valence-corrected chi connectivity index (χ0v) is 11.4. The van der Waals surface area contributed by atoms with Gasteiger partial charge < -0.3 is 20.1 Å². The van der Waals surface area contributed by atoms with Crippen molar-refractivity contribution < 1.29 is 15.0 Å². The highest BCUT2D eigenvalue weighted by Gasteiger charge is 2.25. The highest BCUT2D eigenvalue weighted by molar-refractivity contribution is 6.03. The van der Waals surface area contributed by atoms with E-state index in [4.69, 9.17) is 5.11 Å². The molecule has 110 valence electrons. The first-order chi connectivity index (χ1) is 10.1. The molecule has 0 atom stereocenters. The number of hydrogen-bond donors (Lipinski definition) is 3. The molecule has 0 radical (unpaired) electrons. The molecular formula is C15H16N2O4. The third-order valence-corrected chi connectivity index (χ3v) is 3.79. The van der Waals surface area contributed by atoms with Gasteiger partial charge in [-0.05, 0) is 24.5 Å². The number of aliphatic hydroxyl groups excluding tert-OH is 1. The fourth-order valence-corrected chi connectivity index (χ4v) is 2.79. The van der Waals surface area contributed by atoms with Gasteiger partial charge >= 0.3 is 0 Å². The van der Waals surface area contributed by atoms with Crippen LogP contribution >= 0.6 is 0 Å². The average molecular weight is 288 g/mol. The van der Waals surface area contributed by atoms with Crippen molar-refractivity contribution in [1.82, 2.24) is 9.88 Å². The first-order valence-corrected chi connectivity index (χ1v) is 6.91. The Bertz CT molecular complexity index is 779. The van der Waals surface area contributed by atoms with E-state index in [0.29, 0.717) is 23.9 Å². The molecular weight excluding hydrogens is 272 g/mol. The molecule has 21 heavy (non-hydrogen) atoms. The lowest BCUT2D eigenvalue weighted by atomic mass is 10.1. The van der Waals surface area contributed by atoms with E-state index in [1.54, 1.807) is 10.6 Å². The van der Waals surface area contributed by atoms with Gasteiger partial charge in [-0.1, -0.05) is 12.1 Å². The number of carbonyl (C=O) groups is 1. The Labute approximate surface area is 120 Å². The Morgan fingerprint density at radius 3 is 2.95 bits per heavy atom. The van der Waals surface area contributed by atoms with Crippen molar-refractivity contribution in [2.45, 2.75) is 19.4 Å². The molecule has 2 aromatic rings. The van der Waals surface area contributed by atoms with Gasteiger partial charge in [0.25, 0.3) is 11.5 Å². The summed E-state index contributed by atoms with van der Waals surface area (Å²) < 4.78 is 1.55. The number of amides is 1. The topological polar surface area (TPSA) is 91.6 Å². The molecule has 3 N–H and O–H groups in total. The van der Waals surface area contributed by atoms with E-state index in [2.05, 4.69) is 5.32 Å². The third-order valence-electron chi connectivity index (χ3n) is 3.79. The van der Waals surface area contributed by atoms with Gasteiger partial charge in [0.1, 0.15) is 11.3 Å². The molecule has 6 nitrogen and oxygen atoms in total.